The lowest BCUT2D eigenvalue weighted by Crippen LogP contribution is -2.49. The lowest BCUT2D eigenvalue weighted by atomic mass is 9.74. The second-order valence-electron chi connectivity index (χ2n) is 9.45. The van der Waals surface area contributed by atoms with E-state index in [9.17, 15) is 18.0 Å². The van der Waals surface area contributed by atoms with Gasteiger partial charge in [-0.25, -0.2) is 22.6 Å². The Morgan fingerprint density at radius 2 is 1.80 bits per heavy atom. The van der Waals surface area contributed by atoms with Gasteiger partial charge in [0, 0.05) is 25.3 Å². The maximum atomic E-state index is 15.3. The Morgan fingerprint density at radius 1 is 1.14 bits per heavy atom. The van der Waals surface area contributed by atoms with Crippen LogP contribution in [0, 0.1) is 5.41 Å². The number of hydrogen-bond donors (Lipinski definition) is 3. The van der Waals surface area contributed by atoms with Gasteiger partial charge in [-0.1, -0.05) is 38.1 Å². The number of ether oxygens (including phenoxy) is 1. The molecule has 0 aliphatic carbocycles. The Balaban J connectivity index is 3.20. The molecule has 0 saturated heterocycles. The number of aryl methyl sites for hydroxylation is 1. The van der Waals surface area contributed by atoms with Gasteiger partial charge in [0.15, 0.2) is 9.84 Å². The highest BCUT2D eigenvalue weighted by molar-refractivity contribution is 7.91. The first-order valence-corrected chi connectivity index (χ1v) is 13.4. The predicted octanol–water partition coefficient (Wildman–Crippen LogP) is 2.54. The van der Waals surface area contributed by atoms with Crippen LogP contribution in [0.2, 0.25) is 0 Å². The number of benzene rings is 1. The molecule has 0 heterocycles. The van der Waals surface area contributed by atoms with Crippen LogP contribution in [0.25, 0.3) is 0 Å². The first-order valence-electron chi connectivity index (χ1n) is 11.6. The first kappa shape index (κ1) is 30.9. The number of carbonyl (C=O) groups is 2. The van der Waals surface area contributed by atoms with Crippen molar-refractivity contribution in [1.29, 1.82) is 0 Å². The minimum Gasteiger partial charge on any atom is -0.466 e. The predicted molar refractivity (Wildman–Crippen MR) is 130 cm³/mol. The zero-order valence-corrected chi connectivity index (χ0v) is 21.9. The van der Waals surface area contributed by atoms with Crippen LogP contribution in [-0.2, 0) is 36.0 Å². The summed E-state index contributed by atoms with van der Waals surface area (Å²) in [6, 6.07) is 6.86. The van der Waals surface area contributed by atoms with Crippen LogP contribution < -0.4 is 10.9 Å². The van der Waals surface area contributed by atoms with Crippen LogP contribution in [0.1, 0.15) is 58.1 Å². The first-order chi connectivity index (χ1) is 16.1. The molecule has 0 aliphatic heterocycles. The Morgan fingerprint density at radius 3 is 2.37 bits per heavy atom. The van der Waals surface area contributed by atoms with Crippen molar-refractivity contribution in [3.8, 4) is 0 Å². The molecule has 35 heavy (non-hydrogen) atoms. The number of amides is 1. The van der Waals surface area contributed by atoms with Crippen molar-refractivity contribution >= 4 is 21.7 Å². The quantitative estimate of drug-likeness (QED) is 0.240. The molecule has 11 heteroatoms. The average Bonchev–Trinajstić information content (AvgIpc) is 2.75. The molecule has 1 amide bonds. The second-order valence-corrected chi connectivity index (χ2v) is 11.6. The van der Waals surface area contributed by atoms with Gasteiger partial charge in [0.1, 0.15) is 0 Å². The number of carbonyl (C=O) groups excluding carboxylic acids is 2. The zero-order valence-electron chi connectivity index (χ0n) is 21.1. The van der Waals surface area contributed by atoms with Gasteiger partial charge in [-0.3, -0.25) is 15.0 Å². The van der Waals surface area contributed by atoms with Gasteiger partial charge in [0.25, 0.3) is 5.92 Å². The van der Waals surface area contributed by atoms with Gasteiger partial charge in [-0.2, -0.15) is 0 Å². The molecule has 0 aliphatic rings. The lowest BCUT2D eigenvalue weighted by molar-refractivity contribution is -0.143. The van der Waals surface area contributed by atoms with E-state index in [4.69, 9.17) is 9.84 Å². The molecule has 3 N–H and O–H groups in total. The summed E-state index contributed by atoms with van der Waals surface area (Å²) in [6.07, 6.45) is -0.499. The maximum absolute atomic E-state index is 15.3. The SMILES string of the molecule is CCOC(=O)CCc1cccc(C(C)(CCC(F)(F)C(C)(C)CS(=O)(=O)CCO)C(=O)NNC)c1. The molecule has 0 radical (unpaired) electrons. The Kier molecular flexibility index (Phi) is 11.2. The number of aliphatic hydroxyl groups is 1. The van der Waals surface area contributed by atoms with Crippen LogP contribution in [0.3, 0.4) is 0 Å². The summed E-state index contributed by atoms with van der Waals surface area (Å²) in [6.45, 7) is 5.23. The summed E-state index contributed by atoms with van der Waals surface area (Å²) < 4.78 is 59.7. The van der Waals surface area contributed by atoms with E-state index in [1.807, 2.05) is 0 Å². The van der Waals surface area contributed by atoms with E-state index in [1.54, 1.807) is 38.1 Å². The Labute approximate surface area is 206 Å². The molecule has 0 bridgehead atoms. The molecular formula is C24H38F2N2O6S. The van der Waals surface area contributed by atoms with Crippen molar-refractivity contribution in [3.63, 3.8) is 0 Å². The van der Waals surface area contributed by atoms with Gasteiger partial charge in [0.05, 0.1) is 30.1 Å². The average molecular weight is 521 g/mol. The summed E-state index contributed by atoms with van der Waals surface area (Å²) >= 11 is 0. The molecule has 1 unspecified atom stereocenters. The van der Waals surface area contributed by atoms with Crippen molar-refractivity contribution in [3.05, 3.63) is 35.4 Å². The minimum atomic E-state index is -3.88. The number of alkyl halides is 2. The van der Waals surface area contributed by atoms with Crippen molar-refractivity contribution in [2.45, 2.75) is 64.7 Å². The number of aliphatic hydroxyl groups excluding tert-OH is 1. The molecule has 200 valence electrons. The second kappa shape index (κ2) is 12.7. The van der Waals surface area contributed by atoms with Gasteiger partial charge in [-0.05, 0) is 37.8 Å². The van der Waals surface area contributed by atoms with Gasteiger partial charge >= 0.3 is 5.97 Å². The van der Waals surface area contributed by atoms with E-state index in [0.29, 0.717) is 12.0 Å². The van der Waals surface area contributed by atoms with Crippen molar-refractivity contribution in [1.82, 2.24) is 10.9 Å². The van der Waals surface area contributed by atoms with Crippen molar-refractivity contribution < 1.29 is 36.6 Å². The summed E-state index contributed by atoms with van der Waals surface area (Å²) in [7, 11) is -2.40. The van der Waals surface area contributed by atoms with E-state index in [1.165, 1.54) is 20.9 Å². The molecule has 1 rings (SSSR count). The molecule has 0 saturated carbocycles. The third-order valence-corrected chi connectivity index (χ3v) is 8.11. The number of esters is 1. The van der Waals surface area contributed by atoms with E-state index in [2.05, 4.69) is 10.9 Å². The number of hydrogen-bond acceptors (Lipinski definition) is 7. The van der Waals surface area contributed by atoms with Gasteiger partial charge in [-0.15, -0.1) is 0 Å². The smallest absolute Gasteiger partial charge is 0.306 e. The van der Waals surface area contributed by atoms with E-state index in [-0.39, 0.29) is 25.4 Å². The Hall–Kier alpha value is -2.11. The van der Waals surface area contributed by atoms with E-state index < -0.39 is 57.0 Å². The highest BCUT2D eigenvalue weighted by atomic mass is 32.2. The fourth-order valence-corrected chi connectivity index (χ4v) is 5.54. The van der Waals surface area contributed by atoms with Crippen LogP contribution in [0.15, 0.2) is 24.3 Å². The standard InChI is InChI=1S/C24H38F2N2O6S/c1-6-34-20(30)11-10-18-8-7-9-19(16-18)23(4,21(31)28-27-5)12-13-24(25,26)22(2,3)17-35(32,33)15-14-29/h7-9,16,27,29H,6,10-15,17H2,1-5H3,(H,28,31). The van der Waals surface area contributed by atoms with Crippen LogP contribution >= 0.6 is 0 Å². The molecule has 0 fully saturated rings. The van der Waals surface area contributed by atoms with Crippen molar-refractivity contribution in [2.75, 3.05) is 31.8 Å². The molecule has 1 aromatic rings. The third-order valence-electron chi connectivity index (χ3n) is 6.14. The van der Waals surface area contributed by atoms with Gasteiger partial charge in [0.2, 0.25) is 5.91 Å². The summed E-state index contributed by atoms with van der Waals surface area (Å²) in [5.41, 5.74) is 2.96. The van der Waals surface area contributed by atoms with E-state index in [0.717, 1.165) is 5.56 Å². The molecule has 1 atom stereocenters. The van der Waals surface area contributed by atoms with Crippen LogP contribution in [0.4, 0.5) is 8.78 Å². The fraction of sp³-hybridized carbons (Fsp3) is 0.667. The topological polar surface area (TPSA) is 122 Å². The number of halogens is 2. The number of sulfone groups is 1. The lowest BCUT2D eigenvalue weighted by Gasteiger charge is -2.37. The summed E-state index contributed by atoms with van der Waals surface area (Å²) in [5.74, 6) is -5.68. The fourth-order valence-electron chi connectivity index (χ4n) is 3.80. The minimum absolute atomic E-state index is 0.144. The largest absolute Gasteiger partial charge is 0.466 e. The monoisotopic (exact) mass is 520 g/mol. The Bertz CT molecular complexity index is 969. The van der Waals surface area contributed by atoms with Crippen LogP contribution in [0.5, 0.6) is 0 Å². The number of hydrazine groups is 1. The molecular weight excluding hydrogens is 482 g/mol. The maximum Gasteiger partial charge on any atom is 0.306 e. The zero-order chi connectivity index (χ0) is 26.9. The highest BCUT2D eigenvalue weighted by Gasteiger charge is 2.50. The van der Waals surface area contributed by atoms with Crippen LogP contribution in [-0.4, -0.2) is 63.1 Å². The molecule has 1 aromatic carbocycles. The molecule has 0 spiro atoms. The van der Waals surface area contributed by atoms with E-state index >= 15 is 8.78 Å². The van der Waals surface area contributed by atoms with Gasteiger partial charge < -0.3 is 9.84 Å². The normalized spacial score (nSPS) is 14.3. The van der Waals surface area contributed by atoms with Crippen molar-refractivity contribution in [2.24, 2.45) is 5.41 Å². The summed E-state index contributed by atoms with van der Waals surface area (Å²) in [5, 5.41) is 8.92. The summed E-state index contributed by atoms with van der Waals surface area (Å²) in [4.78, 5) is 24.7. The number of rotatable bonds is 15. The number of nitrogens with one attached hydrogen (secondary N) is 2. The molecule has 8 nitrogen and oxygen atoms in total. The molecule has 0 aromatic heterocycles. The highest BCUT2D eigenvalue weighted by Crippen LogP contribution is 2.44. The third kappa shape index (κ3) is 8.80.